The number of ether oxygens (including phenoxy) is 1. The van der Waals surface area contributed by atoms with Gasteiger partial charge >= 0.3 is 6.18 Å². The summed E-state index contributed by atoms with van der Waals surface area (Å²) in [6.45, 7) is 7.73. The number of anilines is 1. The number of nitrogens with zero attached hydrogens (tertiary/aromatic N) is 1. The molecule has 1 saturated heterocycles. The fraction of sp³-hybridized carbons (Fsp3) is 0.267. The molecule has 1 atom stereocenters. The second-order valence-electron chi connectivity index (χ2n) is 10.2. The number of hydrogen-bond donors (Lipinski definition) is 1. The first-order valence-electron chi connectivity index (χ1n) is 12.0. The molecule has 0 radical (unpaired) electrons. The molecule has 1 aliphatic heterocycles. The molecule has 0 aliphatic carbocycles. The Morgan fingerprint density at radius 1 is 0.947 bits per heavy atom. The summed E-state index contributed by atoms with van der Waals surface area (Å²) < 4.78 is 45.0. The summed E-state index contributed by atoms with van der Waals surface area (Å²) in [5.74, 6) is -1.64. The summed E-state index contributed by atoms with van der Waals surface area (Å²) in [4.78, 5) is 27.9. The molecule has 5 nitrogen and oxygen atoms in total. The molecule has 1 amide bonds. The molecule has 3 aromatic carbocycles. The number of methoxy groups -OCH3 is 1. The Morgan fingerprint density at radius 2 is 1.58 bits per heavy atom. The lowest BCUT2D eigenvalue weighted by molar-refractivity contribution is -0.137. The number of benzene rings is 3. The maximum Gasteiger partial charge on any atom is 0.416 e. The summed E-state index contributed by atoms with van der Waals surface area (Å²) >= 11 is 0. The number of amides is 1. The number of ketones is 1. The van der Waals surface area contributed by atoms with Crippen LogP contribution >= 0.6 is 0 Å². The Morgan fingerprint density at radius 3 is 2.13 bits per heavy atom. The molecular formula is C30H28F3NO4. The smallest absolute Gasteiger partial charge is 0.416 e. The van der Waals surface area contributed by atoms with E-state index in [2.05, 4.69) is 0 Å². The van der Waals surface area contributed by atoms with Crippen molar-refractivity contribution in [2.24, 2.45) is 0 Å². The minimum absolute atomic E-state index is 0.109. The van der Waals surface area contributed by atoms with E-state index in [9.17, 15) is 27.9 Å². The second kappa shape index (κ2) is 9.67. The normalized spacial score (nSPS) is 17.7. The van der Waals surface area contributed by atoms with E-state index in [0.29, 0.717) is 16.9 Å². The number of rotatable bonds is 4. The second-order valence-corrected chi connectivity index (χ2v) is 10.2. The van der Waals surface area contributed by atoms with Crippen molar-refractivity contribution >= 4 is 23.1 Å². The highest BCUT2D eigenvalue weighted by atomic mass is 19.4. The van der Waals surface area contributed by atoms with E-state index in [-0.39, 0.29) is 22.4 Å². The average molecular weight is 524 g/mol. The third-order valence-electron chi connectivity index (χ3n) is 6.68. The molecule has 3 aromatic rings. The van der Waals surface area contributed by atoms with Crippen LogP contribution in [-0.4, -0.2) is 23.9 Å². The van der Waals surface area contributed by atoms with Crippen molar-refractivity contribution in [3.63, 3.8) is 0 Å². The van der Waals surface area contributed by atoms with Gasteiger partial charge in [-0.05, 0) is 65.9 Å². The topological polar surface area (TPSA) is 66.8 Å². The summed E-state index contributed by atoms with van der Waals surface area (Å²) in [6.07, 6.45) is -4.55. The zero-order valence-electron chi connectivity index (χ0n) is 21.7. The summed E-state index contributed by atoms with van der Waals surface area (Å²) in [5.41, 5.74) is 1.15. The molecule has 1 heterocycles. The van der Waals surface area contributed by atoms with Gasteiger partial charge in [-0.3, -0.25) is 14.5 Å². The third kappa shape index (κ3) is 4.78. The standard InChI is InChI=1S/C30H28F3NO4/c1-17-8-6-7-9-21(17)25-24(26(35)18-10-15-23(38-5)22(16-18)29(2,3)4)27(36)28(37)34(25)20-13-11-19(12-14-20)30(31,32)33/h6-16,25,35H,1-5H3/b26-24+. The van der Waals surface area contributed by atoms with Crippen molar-refractivity contribution in [2.45, 2.75) is 45.3 Å². The van der Waals surface area contributed by atoms with Crippen LogP contribution in [-0.2, 0) is 21.2 Å². The van der Waals surface area contributed by atoms with Gasteiger partial charge in [0.05, 0.1) is 24.3 Å². The first kappa shape index (κ1) is 27.0. The third-order valence-corrected chi connectivity index (χ3v) is 6.68. The van der Waals surface area contributed by atoms with Crippen LogP contribution in [0.3, 0.4) is 0 Å². The van der Waals surface area contributed by atoms with Gasteiger partial charge in [0, 0.05) is 16.8 Å². The largest absolute Gasteiger partial charge is 0.507 e. The number of hydrogen-bond acceptors (Lipinski definition) is 4. The predicted octanol–water partition coefficient (Wildman–Crippen LogP) is 6.95. The summed E-state index contributed by atoms with van der Waals surface area (Å²) in [7, 11) is 1.54. The van der Waals surface area contributed by atoms with Crippen LogP contribution < -0.4 is 9.64 Å². The molecule has 198 valence electrons. The molecule has 1 unspecified atom stereocenters. The van der Waals surface area contributed by atoms with E-state index in [1.165, 1.54) is 7.11 Å². The number of carbonyl (C=O) groups is 2. The monoisotopic (exact) mass is 523 g/mol. The maximum absolute atomic E-state index is 13.4. The molecule has 0 saturated carbocycles. The average Bonchev–Trinajstić information content (AvgIpc) is 3.12. The highest BCUT2D eigenvalue weighted by molar-refractivity contribution is 6.51. The molecule has 0 spiro atoms. The molecule has 4 rings (SSSR count). The first-order chi connectivity index (χ1) is 17.8. The van der Waals surface area contributed by atoms with Gasteiger partial charge in [0.15, 0.2) is 0 Å². The quantitative estimate of drug-likeness (QED) is 0.228. The highest BCUT2D eigenvalue weighted by Gasteiger charge is 2.47. The van der Waals surface area contributed by atoms with Crippen LogP contribution in [0.2, 0.25) is 0 Å². The number of aliphatic hydroxyl groups excluding tert-OH is 1. The van der Waals surface area contributed by atoms with Crippen molar-refractivity contribution in [3.05, 3.63) is 100 Å². The lowest BCUT2D eigenvalue weighted by Crippen LogP contribution is -2.29. The zero-order chi connectivity index (χ0) is 28.0. The number of halogens is 3. The van der Waals surface area contributed by atoms with E-state index in [1.807, 2.05) is 20.8 Å². The van der Waals surface area contributed by atoms with Crippen LogP contribution in [0.15, 0.2) is 72.3 Å². The van der Waals surface area contributed by atoms with Crippen molar-refractivity contribution in [1.29, 1.82) is 0 Å². The van der Waals surface area contributed by atoms with E-state index in [1.54, 1.807) is 49.4 Å². The van der Waals surface area contributed by atoms with E-state index >= 15 is 0 Å². The van der Waals surface area contributed by atoms with Crippen LogP contribution in [0.25, 0.3) is 5.76 Å². The number of aliphatic hydroxyl groups is 1. The number of carbonyl (C=O) groups excluding carboxylic acids is 2. The minimum Gasteiger partial charge on any atom is -0.507 e. The minimum atomic E-state index is -4.55. The Kier molecular flexibility index (Phi) is 6.86. The highest BCUT2D eigenvalue weighted by Crippen LogP contribution is 2.44. The Balaban J connectivity index is 1.95. The Labute approximate surface area is 219 Å². The lowest BCUT2D eigenvalue weighted by atomic mass is 9.84. The zero-order valence-corrected chi connectivity index (χ0v) is 21.7. The predicted molar refractivity (Wildman–Crippen MR) is 139 cm³/mol. The van der Waals surface area contributed by atoms with Gasteiger partial charge in [-0.25, -0.2) is 0 Å². The summed E-state index contributed by atoms with van der Waals surface area (Å²) in [6, 6.07) is 15.1. The molecule has 0 aromatic heterocycles. The van der Waals surface area contributed by atoms with E-state index < -0.39 is 29.5 Å². The Bertz CT molecular complexity index is 1430. The van der Waals surface area contributed by atoms with Gasteiger partial charge in [0.25, 0.3) is 11.7 Å². The Hall–Kier alpha value is -4.07. The van der Waals surface area contributed by atoms with Crippen molar-refractivity contribution in [3.8, 4) is 5.75 Å². The molecule has 1 N–H and O–H groups in total. The SMILES string of the molecule is COc1ccc(/C(O)=C2\C(=O)C(=O)N(c3ccc(C(F)(F)F)cc3)C2c2ccccc2C)cc1C(C)(C)C. The fourth-order valence-electron chi connectivity index (χ4n) is 4.69. The van der Waals surface area contributed by atoms with Gasteiger partial charge in [0.1, 0.15) is 11.5 Å². The molecule has 1 aliphatic rings. The van der Waals surface area contributed by atoms with Gasteiger partial charge in [0.2, 0.25) is 0 Å². The van der Waals surface area contributed by atoms with Gasteiger partial charge in [-0.1, -0.05) is 45.0 Å². The number of Topliss-reactive ketones (excluding diaryl/α,β-unsaturated/α-hetero) is 1. The van der Waals surface area contributed by atoms with E-state index in [4.69, 9.17) is 4.74 Å². The van der Waals surface area contributed by atoms with Crippen LogP contribution in [0, 0.1) is 6.92 Å². The van der Waals surface area contributed by atoms with Crippen LogP contribution in [0.5, 0.6) is 5.75 Å². The molecule has 0 bridgehead atoms. The van der Waals surface area contributed by atoms with E-state index in [0.717, 1.165) is 40.3 Å². The number of aryl methyl sites for hydroxylation is 1. The number of alkyl halides is 3. The van der Waals surface area contributed by atoms with Crippen molar-refractivity contribution < 1.29 is 32.6 Å². The summed E-state index contributed by atoms with van der Waals surface area (Å²) in [5, 5.41) is 11.5. The first-order valence-corrected chi connectivity index (χ1v) is 12.0. The molecular weight excluding hydrogens is 495 g/mol. The molecule has 38 heavy (non-hydrogen) atoms. The molecule has 8 heteroatoms. The van der Waals surface area contributed by atoms with Gasteiger partial charge in [-0.15, -0.1) is 0 Å². The maximum atomic E-state index is 13.4. The molecule has 1 fully saturated rings. The lowest BCUT2D eigenvalue weighted by Gasteiger charge is -2.27. The van der Waals surface area contributed by atoms with Crippen molar-refractivity contribution in [1.82, 2.24) is 0 Å². The van der Waals surface area contributed by atoms with Gasteiger partial charge < -0.3 is 9.84 Å². The van der Waals surface area contributed by atoms with Crippen LogP contribution in [0.1, 0.15) is 54.6 Å². The van der Waals surface area contributed by atoms with Crippen molar-refractivity contribution in [2.75, 3.05) is 12.0 Å². The van der Waals surface area contributed by atoms with Gasteiger partial charge in [-0.2, -0.15) is 13.2 Å². The van der Waals surface area contributed by atoms with Crippen LogP contribution in [0.4, 0.5) is 18.9 Å². The fourth-order valence-corrected chi connectivity index (χ4v) is 4.69.